The quantitative estimate of drug-likeness (QED) is 0.901. The van der Waals surface area contributed by atoms with Gasteiger partial charge in [0, 0.05) is 12.0 Å². The van der Waals surface area contributed by atoms with Crippen molar-refractivity contribution in [3.8, 4) is 0 Å². The fourth-order valence-electron chi connectivity index (χ4n) is 2.23. The molecular formula is C11H16BrNO. The summed E-state index contributed by atoms with van der Waals surface area (Å²) in [5.74, 6) is 1.08. The fraction of sp³-hybridized carbons (Fsp3) is 0.636. The summed E-state index contributed by atoms with van der Waals surface area (Å²) >= 11 is 3.33. The maximum absolute atomic E-state index is 5.55. The zero-order chi connectivity index (χ0) is 10.0. The number of furan rings is 1. The molecule has 2 heterocycles. The van der Waals surface area contributed by atoms with E-state index in [2.05, 4.69) is 34.2 Å². The Morgan fingerprint density at radius 3 is 2.93 bits per heavy atom. The smallest absolute Gasteiger partial charge is 0.169 e. The molecule has 1 saturated heterocycles. The molecule has 1 aromatic heterocycles. The van der Waals surface area contributed by atoms with Gasteiger partial charge < -0.3 is 9.73 Å². The summed E-state index contributed by atoms with van der Waals surface area (Å²) in [5, 5.41) is 3.60. The van der Waals surface area contributed by atoms with Crippen molar-refractivity contribution in [1.29, 1.82) is 0 Å². The lowest BCUT2D eigenvalue weighted by molar-refractivity contribution is 0.327. The first-order chi connectivity index (χ1) is 6.74. The Balaban J connectivity index is 2.08. The van der Waals surface area contributed by atoms with Gasteiger partial charge in [-0.05, 0) is 53.9 Å². The van der Waals surface area contributed by atoms with E-state index < -0.39 is 0 Å². The van der Waals surface area contributed by atoms with Crippen LogP contribution in [0.3, 0.4) is 0 Å². The average Bonchev–Trinajstić information content (AvgIpc) is 2.77. The summed E-state index contributed by atoms with van der Waals surface area (Å²) in [6.45, 7) is 3.39. The van der Waals surface area contributed by atoms with E-state index in [1.165, 1.54) is 19.3 Å². The van der Waals surface area contributed by atoms with Crippen LogP contribution >= 0.6 is 15.9 Å². The standard InChI is InChI=1S/C11H16BrNO/c1-2-11(6-3-7-13-11)8-9-4-5-10(12)14-9/h4-5,13H,2-3,6-8H2,1H3. The van der Waals surface area contributed by atoms with Crippen LogP contribution in [0.15, 0.2) is 21.2 Å². The first-order valence-electron chi connectivity index (χ1n) is 5.23. The van der Waals surface area contributed by atoms with E-state index in [-0.39, 0.29) is 5.54 Å². The van der Waals surface area contributed by atoms with Crippen molar-refractivity contribution in [3.63, 3.8) is 0 Å². The Morgan fingerprint density at radius 2 is 2.43 bits per heavy atom. The van der Waals surface area contributed by atoms with Crippen LogP contribution in [0.4, 0.5) is 0 Å². The molecule has 1 unspecified atom stereocenters. The van der Waals surface area contributed by atoms with Gasteiger partial charge in [-0.25, -0.2) is 0 Å². The second kappa shape index (κ2) is 4.07. The van der Waals surface area contributed by atoms with E-state index >= 15 is 0 Å². The molecule has 1 atom stereocenters. The lowest BCUT2D eigenvalue weighted by Crippen LogP contribution is -2.41. The molecule has 3 heteroatoms. The largest absolute Gasteiger partial charge is 0.454 e. The second-order valence-electron chi connectivity index (χ2n) is 4.05. The van der Waals surface area contributed by atoms with E-state index in [0.29, 0.717) is 0 Å². The van der Waals surface area contributed by atoms with Gasteiger partial charge in [0.25, 0.3) is 0 Å². The molecule has 0 radical (unpaired) electrons. The van der Waals surface area contributed by atoms with Crippen molar-refractivity contribution in [3.05, 3.63) is 22.6 Å². The molecule has 14 heavy (non-hydrogen) atoms. The van der Waals surface area contributed by atoms with Crippen LogP contribution in [-0.2, 0) is 6.42 Å². The molecule has 0 saturated carbocycles. The lowest BCUT2D eigenvalue weighted by Gasteiger charge is -2.26. The summed E-state index contributed by atoms with van der Waals surface area (Å²) in [7, 11) is 0. The summed E-state index contributed by atoms with van der Waals surface area (Å²) in [4.78, 5) is 0. The van der Waals surface area contributed by atoms with Gasteiger partial charge in [0.05, 0.1) is 0 Å². The highest BCUT2D eigenvalue weighted by atomic mass is 79.9. The predicted molar refractivity (Wildman–Crippen MR) is 60.4 cm³/mol. The number of halogens is 1. The van der Waals surface area contributed by atoms with Crippen molar-refractivity contribution in [2.75, 3.05) is 6.54 Å². The van der Waals surface area contributed by atoms with Crippen LogP contribution in [-0.4, -0.2) is 12.1 Å². The molecule has 1 aliphatic rings. The van der Waals surface area contributed by atoms with Crippen LogP contribution < -0.4 is 5.32 Å². The molecule has 1 fully saturated rings. The molecule has 2 rings (SSSR count). The Morgan fingerprint density at radius 1 is 1.57 bits per heavy atom. The molecule has 0 bridgehead atoms. The predicted octanol–water partition coefficient (Wildman–Crippen LogP) is 3.12. The topological polar surface area (TPSA) is 25.2 Å². The van der Waals surface area contributed by atoms with E-state index in [4.69, 9.17) is 4.42 Å². The van der Waals surface area contributed by atoms with Crippen molar-refractivity contribution in [2.45, 2.75) is 38.1 Å². The first-order valence-corrected chi connectivity index (χ1v) is 6.03. The lowest BCUT2D eigenvalue weighted by atomic mass is 9.89. The molecule has 1 aliphatic heterocycles. The number of hydrogen-bond acceptors (Lipinski definition) is 2. The van der Waals surface area contributed by atoms with E-state index in [1.807, 2.05) is 6.07 Å². The number of rotatable bonds is 3. The van der Waals surface area contributed by atoms with Crippen molar-refractivity contribution < 1.29 is 4.42 Å². The number of hydrogen-bond donors (Lipinski definition) is 1. The molecule has 0 spiro atoms. The Hall–Kier alpha value is -0.280. The molecule has 78 valence electrons. The summed E-state index contributed by atoms with van der Waals surface area (Å²) < 4.78 is 6.38. The van der Waals surface area contributed by atoms with Gasteiger partial charge in [-0.1, -0.05) is 6.92 Å². The SMILES string of the molecule is CCC1(Cc2ccc(Br)o2)CCCN1. The first kappa shape index (κ1) is 10.2. The van der Waals surface area contributed by atoms with Gasteiger partial charge in [-0.3, -0.25) is 0 Å². The average molecular weight is 258 g/mol. The molecule has 0 aromatic carbocycles. The normalized spacial score (nSPS) is 27.0. The maximum atomic E-state index is 5.55. The molecule has 1 N–H and O–H groups in total. The Kier molecular flexibility index (Phi) is 2.98. The van der Waals surface area contributed by atoms with E-state index in [9.17, 15) is 0 Å². The third kappa shape index (κ3) is 2.04. The molecule has 1 aromatic rings. The molecule has 0 amide bonds. The highest BCUT2D eigenvalue weighted by Gasteiger charge is 2.32. The third-order valence-corrected chi connectivity index (χ3v) is 3.58. The summed E-state index contributed by atoms with van der Waals surface area (Å²) in [6, 6.07) is 4.02. The summed E-state index contributed by atoms with van der Waals surface area (Å²) in [6.07, 6.45) is 4.73. The van der Waals surface area contributed by atoms with E-state index in [0.717, 1.165) is 23.4 Å². The van der Waals surface area contributed by atoms with Gasteiger partial charge in [-0.2, -0.15) is 0 Å². The van der Waals surface area contributed by atoms with E-state index in [1.54, 1.807) is 0 Å². The molecule has 2 nitrogen and oxygen atoms in total. The molecule has 0 aliphatic carbocycles. The van der Waals surface area contributed by atoms with Gasteiger partial charge in [-0.15, -0.1) is 0 Å². The van der Waals surface area contributed by atoms with Crippen molar-refractivity contribution >= 4 is 15.9 Å². The minimum atomic E-state index is 0.289. The summed E-state index contributed by atoms with van der Waals surface area (Å²) in [5.41, 5.74) is 0.289. The van der Waals surface area contributed by atoms with Gasteiger partial charge in [0.15, 0.2) is 4.67 Å². The monoisotopic (exact) mass is 257 g/mol. The van der Waals surface area contributed by atoms with Crippen molar-refractivity contribution in [2.24, 2.45) is 0 Å². The van der Waals surface area contributed by atoms with Crippen LogP contribution in [0, 0.1) is 0 Å². The second-order valence-corrected chi connectivity index (χ2v) is 4.83. The minimum absolute atomic E-state index is 0.289. The van der Waals surface area contributed by atoms with Gasteiger partial charge in [0.2, 0.25) is 0 Å². The van der Waals surface area contributed by atoms with Crippen LogP contribution in [0.5, 0.6) is 0 Å². The highest BCUT2D eigenvalue weighted by molar-refractivity contribution is 9.10. The Bertz CT molecular complexity index is 302. The zero-order valence-electron chi connectivity index (χ0n) is 8.48. The van der Waals surface area contributed by atoms with Crippen LogP contribution in [0.2, 0.25) is 0 Å². The van der Waals surface area contributed by atoms with Crippen LogP contribution in [0.1, 0.15) is 31.9 Å². The fourth-order valence-corrected chi connectivity index (χ4v) is 2.57. The number of nitrogens with one attached hydrogen (secondary N) is 1. The zero-order valence-corrected chi connectivity index (χ0v) is 10.1. The Labute approximate surface area is 93.2 Å². The maximum Gasteiger partial charge on any atom is 0.169 e. The third-order valence-electron chi connectivity index (χ3n) is 3.15. The van der Waals surface area contributed by atoms with Crippen LogP contribution in [0.25, 0.3) is 0 Å². The van der Waals surface area contributed by atoms with Crippen molar-refractivity contribution in [1.82, 2.24) is 5.32 Å². The highest BCUT2D eigenvalue weighted by Crippen LogP contribution is 2.28. The minimum Gasteiger partial charge on any atom is -0.454 e. The van der Waals surface area contributed by atoms with Gasteiger partial charge in [0.1, 0.15) is 5.76 Å². The molecular weight excluding hydrogens is 242 g/mol. The van der Waals surface area contributed by atoms with Gasteiger partial charge >= 0.3 is 0 Å².